The lowest BCUT2D eigenvalue weighted by Crippen LogP contribution is -2.49. The number of piperazine rings is 1. The maximum Gasteiger partial charge on any atom is 0.255 e. The van der Waals surface area contributed by atoms with Crippen LogP contribution < -0.4 is 4.90 Å². The number of carbonyl (C=O) groups is 1. The molecule has 1 amide bonds. The number of hydrogen-bond donors (Lipinski definition) is 0. The maximum absolute atomic E-state index is 12.8. The van der Waals surface area contributed by atoms with E-state index in [2.05, 4.69) is 20.0 Å². The van der Waals surface area contributed by atoms with Crippen molar-refractivity contribution in [3.05, 3.63) is 46.3 Å². The molecule has 1 saturated heterocycles. The van der Waals surface area contributed by atoms with Crippen LogP contribution >= 0.6 is 23.2 Å². The number of nitrogens with zero attached hydrogens (tertiary/aromatic N) is 6. The van der Waals surface area contributed by atoms with Gasteiger partial charge in [0, 0.05) is 38.2 Å². The number of halogens is 2. The summed E-state index contributed by atoms with van der Waals surface area (Å²) >= 11 is 12.2. The van der Waals surface area contributed by atoms with Crippen LogP contribution in [0.4, 0.5) is 5.82 Å². The lowest BCUT2D eigenvalue weighted by molar-refractivity contribution is 0.0747. The van der Waals surface area contributed by atoms with E-state index in [1.165, 1.54) is 0 Å². The molecule has 26 heavy (non-hydrogen) atoms. The normalized spacial score (nSPS) is 14.9. The highest BCUT2D eigenvalue weighted by Crippen LogP contribution is 2.25. The molecule has 134 valence electrons. The van der Waals surface area contributed by atoms with Crippen molar-refractivity contribution in [1.82, 2.24) is 24.6 Å². The predicted molar refractivity (Wildman–Crippen MR) is 101 cm³/mol. The number of carbonyl (C=O) groups excluding carboxylic acids is 1. The Balaban J connectivity index is 1.52. The third-order valence-electron chi connectivity index (χ3n) is 4.53. The van der Waals surface area contributed by atoms with E-state index in [9.17, 15) is 4.79 Å². The standard InChI is InChI=1S/C17H16Cl2N6O/c1-23-15-13(9-22-23)16(21-10-20-15)24-4-6-25(7-5-24)17(26)12-8-11(18)2-3-14(12)19/h2-3,8-10H,4-7H2,1H3. The van der Waals surface area contributed by atoms with Gasteiger partial charge in [0.2, 0.25) is 0 Å². The molecule has 0 atom stereocenters. The van der Waals surface area contributed by atoms with Crippen molar-refractivity contribution in [1.29, 1.82) is 0 Å². The zero-order valence-electron chi connectivity index (χ0n) is 14.1. The van der Waals surface area contributed by atoms with E-state index in [1.54, 1.807) is 40.3 Å². The first-order chi connectivity index (χ1) is 12.5. The lowest BCUT2D eigenvalue weighted by atomic mass is 10.1. The number of benzene rings is 1. The van der Waals surface area contributed by atoms with E-state index in [0.29, 0.717) is 41.8 Å². The van der Waals surface area contributed by atoms with Gasteiger partial charge in [0.05, 0.1) is 22.2 Å². The van der Waals surface area contributed by atoms with Crippen LogP contribution in [-0.4, -0.2) is 56.7 Å². The first kappa shape index (κ1) is 17.1. The van der Waals surface area contributed by atoms with Crippen LogP contribution in [-0.2, 0) is 7.05 Å². The van der Waals surface area contributed by atoms with Crippen LogP contribution in [0, 0.1) is 0 Å². The number of aryl methyl sites for hydroxylation is 1. The van der Waals surface area contributed by atoms with Crippen molar-refractivity contribution in [2.24, 2.45) is 7.05 Å². The van der Waals surface area contributed by atoms with Gasteiger partial charge in [-0.15, -0.1) is 0 Å². The number of rotatable bonds is 2. The molecule has 0 N–H and O–H groups in total. The minimum Gasteiger partial charge on any atom is -0.352 e. The first-order valence-electron chi connectivity index (χ1n) is 8.16. The second-order valence-corrected chi connectivity index (χ2v) is 6.95. The van der Waals surface area contributed by atoms with Crippen molar-refractivity contribution in [2.45, 2.75) is 0 Å². The smallest absolute Gasteiger partial charge is 0.255 e. The van der Waals surface area contributed by atoms with Gasteiger partial charge in [-0.1, -0.05) is 23.2 Å². The number of hydrogen-bond acceptors (Lipinski definition) is 5. The monoisotopic (exact) mass is 390 g/mol. The molecule has 9 heteroatoms. The Hall–Kier alpha value is -2.38. The molecule has 0 saturated carbocycles. The van der Waals surface area contributed by atoms with Gasteiger partial charge in [-0.05, 0) is 18.2 Å². The first-order valence-corrected chi connectivity index (χ1v) is 8.92. The number of amides is 1. The summed E-state index contributed by atoms with van der Waals surface area (Å²) in [5.41, 5.74) is 1.23. The Bertz CT molecular complexity index is 981. The van der Waals surface area contributed by atoms with Crippen LogP contribution in [0.25, 0.3) is 11.0 Å². The third-order valence-corrected chi connectivity index (χ3v) is 5.10. The van der Waals surface area contributed by atoms with Gasteiger partial charge in [-0.3, -0.25) is 9.48 Å². The summed E-state index contributed by atoms with van der Waals surface area (Å²) in [6, 6.07) is 4.93. The SMILES string of the molecule is Cn1ncc2c(N3CCN(C(=O)c4cc(Cl)ccc4Cl)CC3)ncnc21. The molecule has 1 aromatic carbocycles. The van der Waals surface area contributed by atoms with Crippen molar-refractivity contribution >= 4 is 46.0 Å². The maximum atomic E-state index is 12.8. The Labute approximate surface area is 160 Å². The molecule has 0 aliphatic carbocycles. The Morgan fingerprint density at radius 3 is 2.65 bits per heavy atom. The van der Waals surface area contributed by atoms with Gasteiger partial charge in [0.25, 0.3) is 5.91 Å². The minimum absolute atomic E-state index is 0.105. The average Bonchev–Trinajstić information content (AvgIpc) is 3.04. The second kappa shape index (κ2) is 6.74. The largest absolute Gasteiger partial charge is 0.352 e. The highest BCUT2D eigenvalue weighted by Gasteiger charge is 2.25. The van der Waals surface area contributed by atoms with Gasteiger partial charge in [-0.25, -0.2) is 9.97 Å². The number of fused-ring (bicyclic) bond motifs is 1. The Morgan fingerprint density at radius 2 is 1.88 bits per heavy atom. The van der Waals surface area contributed by atoms with Gasteiger partial charge in [0.15, 0.2) is 5.65 Å². The molecule has 7 nitrogen and oxygen atoms in total. The van der Waals surface area contributed by atoms with Crippen LogP contribution in [0.15, 0.2) is 30.7 Å². The topological polar surface area (TPSA) is 67.2 Å². The van der Waals surface area contributed by atoms with Crippen molar-refractivity contribution < 1.29 is 4.79 Å². The summed E-state index contributed by atoms with van der Waals surface area (Å²) in [7, 11) is 1.85. The van der Waals surface area contributed by atoms with Gasteiger partial charge in [0.1, 0.15) is 12.1 Å². The van der Waals surface area contributed by atoms with Crippen LogP contribution in [0.2, 0.25) is 10.0 Å². The van der Waals surface area contributed by atoms with Gasteiger partial charge < -0.3 is 9.80 Å². The molecule has 0 spiro atoms. The molecule has 4 rings (SSSR count). The highest BCUT2D eigenvalue weighted by molar-refractivity contribution is 6.35. The zero-order chi connectivity index (χ0) is 18.3. The van der Waals surface area contributed by atoms with Crippen LogP contribution in [0.3, 0.4) is 0 Å². The fraction of sp³-hybridized carbons (Fsp3) is 0.294. The molecule has 1 aliphatic rings. The Morgan fingerprint density at radius 1 is 1.12 bits per heavy atom. The fourth-order valence-corrected chi connectivity index (χ4v) is 3.53. The summed E-state index contributed by atoms with van der Waals surface area (Å²) in [6.07, 6.45) is 3.32. The summed E-state index contributed by atoms with van der Waals surface area (Å²) in [5, 5.41) is 6.07. The van der Waals surface area contributed by atoms with E-state index in [1.807, 2.05) is 7.05 Å². The van der Waals surface area contributed by atoms with Gasteiger partial charge in [-0.2, -0.15) is 5.10 Å². The van der Waals surface area contributed by atoms with E-state index < -0.39 is 0 Å². The number of aromatic nitrogens is 4. The molecular weight excluding hydrogens is 375 g/mol. The van der Waals surface area contributed by atoms with E-state index >= 15 is 0 Å². The van der Waals surface area contributed by atoms with Crippen LogP contribution in [0.5, 0.6) is 0 Å². The second-order valence-electron chi connectivity index (χ2n) is 6.11. The van der Waals surface area contributed by atoms with Crippen LogP contribution in [0.1, 0.15) is 10.4 Å². The molecule has 2 aromatic heterocycles. The van der Waals surface area contributed by atoms with Gasteiger partial charge >= 0.3 is 0 Å². The average molecular weight is 391 g/mol. The lowest BCUT2D eigenvalue weighted by Gasteiger charge is -2.35. The Kier molecular flexibility index (Phi) is 4.42. The molecule has 0 radical (unpaired) electrons. The third kappa shape index (κ3) is 2.97. The molecule has 1 aliphatic heterocycles. The molecule has 1 fully saturated rings. The summed E-state index contributed by atoms with van der Waals surface area (Å²) in [5.74, 6) is 0.738. The van der Waals surface area contributed by atoms with Crippen molar-refractivity contribution in [3.8, 4) is 0 Å². The number of anilines is 1. The van der Waals surface area contributed by atoms with Crippen molar-refractivity contribution in [3.63, 3.8) is 0 Å². The summed E-state index contributed by atoms with van der Waals surface area (Å²) in [6.45, 7) is 2.50. The molecule has 0 bridgehead atoms. The summed E-state index contributed by atoms with van der Waals surface area (Å²) < 4.78 is 1.72. The quantitative estimate of drug-likeness (QED) is 0.672. The van der Waals surface area contributed by atoms with E-state index in [0.717, 1.165) is 16.9 Å². The molecule has 0 unspecified atom stereocenters. The van der Waals surface area contributed by atoms with E-state index in [-0.39, 0.29) is 5.91 Å². The fourth-order valence-electron chi connectivity index (χ4n) is 3.15. The summed E-state index contributed by atoms with van der Waals surface area (Å²) in [4.78, 5) is 25.4. The van der Waals surface area contributed by atoms with E-state index in [4.69, 9.17) is 23.2 Å². The molecule has 3 aromatic rings. The predicted octanol–water partition coefficient (Wildman–Crippen LogP) is 2.63. The van der Waals surface area contributed by atoms with Crippen molar-refractivity contribution in [2.75, 3.05) is 31.1 Å². The highest BCUT2D eigenvalue weighted by atomic mass is 35.5. The minimum atomic E-state index is -0.105. The molecule has 3 heterocycles. The molecular formula is C17H16Cl2N6O. The zero-order valence-corrected chi connectivity index (χ0v) is 15.6.